The van der Waals surface area contributed by atoms with E-state index in [1.165, 1.54) is 11.5 Å². The number of aryl methyl sites for hydroxylation is 1. The summed E-state index contributed by atoms with van der Waals surface area (Å²) in [4.78, 5) is 22.4. The van der Waals surface area contributed by atoms with E-state index in [2.05, 4.69) is 31.0 Å². The van der Waals surface area contributed by atoms with E-state index in [0.717, 1.165) is 36.5 Å². The Hall–Kier alpha value is -3.35. The molecule has 8 nitrogen and oxygen atoms in total. The van der Waals surface area contributed by atoms with Crippen LogP contribution in [0.1, 0.15) is 45.0 Å². The number of hydrogen-bond donors (Lipinski definition) is 2. The summed E-state index contributed by atoms with van der Waals surface area (Å²) in [5.74, 6) is 0.314. The Kier molecular flexibility index (Phi) is 6.50. The topological polar surface area (TPSA) is 113 Å². The lowest BCUT2D eigenvalue weighted by Gasteiger charge is -2.23. The van der Waals surface area contributed by atoms with Crippen LogP contribution in [0.25, 0.3) is 0 Å². The van der Waals surface area contributed by atoms with E-state index in [4.69, 9.17) is 10.00 Å². The molecular formula is C22H22N6O2S. The van der Waals surface area contributed by atoms with E-state index < -0.39 is 0 Å². The molecule has 0 unspecified atom stereocenters. The third-order valence-corrected chi connectivity index (χ3v) is 5.95. The van der Waals surface area contributed by atoms with Crippen molar-refractivity contribution in [2.24, 2.45) is 0 Å². The number of amides is 1. The number of rotatable bonds is 6. The van der Waals surface area contributed by atoms with Gasteiger partial charge in [-0.05, 0) is 62.6 Å². The summed E-state index contributed by atoms with van der Waals surface area (Å²) in [5, 5.41) is 15.3. The minimum Gasteiger partial charge on any atom is -0.474 e. The van der Waals surface area contributed by atoms with Gasteiger partial charge >= 0.3 is 0 Å². The molecule has 0 aromatic carbocycles. The van der Waals surface area contributed by atoms with Gasteiger partial charge < -0.3 is 15.4 Å². The van der Waals surface area contributed by atoms with Gasteiger partial charge in [0, 0.05) is 29.3 Å². The van der Waals surface area contributed by atoms with Gasteiger partial charge in [-0.15, -0.1) is 0 Å². The minimum absolute atomic E-state index is 0.171. The summed E-state index contributed by atoms with van der Waals surface area (Å²) in [5.41, 5.74) is 3.04. The van der Waals surface area contributed by atoms with Crippen molar-refractivity contribution in [2.75, 3.05) is 18.4 Å². The van der Waals surface area contributed by atoms with Crippen molar-refractivity contribution in [1.29, 1.82) is 5.26 Å². The van der Waals surface area contributed by atoms with Gasteiger partial charge in [0.15, 0.2) is 0 Å². The van der Waals surface area contributed by atoms with Gasteiger partial charge in [-0.2, -0.15) is 9.64 Å². The van der Waals surface area contributed by atoms with Gasteiger partial charge in [0.25, 0.3) is 5.91 Å². The number of piperidine rings is 1. The van der Waals surface area contributed by atoms with Gasteiger partial charge in [0.05, 0.1) is 34.8 Å². The molecule has 2 N–H and O–H groups in total. The number of pyridine rings is 2. The Morgan fingerprint density at radius 3 is 2.90 bits per heavy atom. The maximum atomic E-state index is 12.9. The van der Waals surface area contributed by atoms with Crippen LogP contribution in [0, 0.1) is 18.3 Å². The van der Waals surface area contributed by atoms with Crippen molar-refractivity contribution in [3.63, 3.8) is 0 Å². The van der Waals surface area contributed by atoms with E-state index in [-0.39, 0.29) is 12.0 Å². The van der Waals surface area contributed by atoms with Gasteiger partial charge in [-0.3, -0.25) is 9.78 Å². The monoisotopic (exact) mass is 434 g/mol. The van der Waals surface area contributed by atoms with Crippen LogP contribution in [0.4, 0.5) is 5.69 Å². The van der Waals surface area contributed by atoms with Crippen molar-refractivity contribution in [3.8, 4) is 11.9 Å². The summed E-state index contributed by atoms with van der Waals surface area (Å²) in [6.07, 6.45) is 5.72. The maximum absolute atomic E-state index is 12.9. The second-order valence-corrected chi connectivity index (χ2v) is 8.15. The molecule has 0 radical (unpaired) electrons. The SMILES string of the molecule is Cc1nsc(Cc2cc(C#N)ccn2)c1C(=O)Nc1ccc(OC2CCNCC2)nc1. The first kappa shape index (κ1) is 20.9. The summed E-state index contributed by atoms with van der Waals surface area (Å²) < 4.78 is 10.3. The summed E-state index contributed by atoms with van der Waals surface area (Å²) in [7, 11) is 0. The summed E-state index contributed by atoms with van der Waals surface area (Å²) in [6.45, 7) is 3.71. The zero-order valence-electron chi connectivity index (χ0n) is 17.1. The number of aromatic nitrogens is 3. The van der Waals surface area contributed by atoms with Crippen LogP contribution >= 0.6 is 11.5 Å². The second-order valence-electron chi connectivity index (χ2n) is 7.30. The van der Waals surface area contributed by atoms with E-state index in [9.17, 15) is 4.79 Å². The molecule has 0 spiro atoms. The molecule has 158 valence electrons. The Morgan fingerprint density at radius 2 is 2.16 bits per heavy atom. The molecule has 0 saturated carbocycles. The zero-order chi connectivity index (χ0) is 21.6. The highest BCUT2D eigenvalue weighted by atomic mass is 32.1. The molecule has 1 aliphatic heterocycles. The normalized spacial score (nSPS) is 14.1. The molecule has 1 saturated heterocycles. The summed E-state index contributed by atoms with van der Waals surface area (Å²) in [6, 6.07) is 9.04. The molecule has 1 amide bonds. The minimum atomic E-state index is -0.244. The first-order chi connectivity index (χ1) is 15.1. The number of ether oxygens (including phenoxy) is 1. The fraction of sp³-hybridized carbons (Fsp3) is 0.318. The number of nitrogens with zero attached hydrogens (tertiary/aromatic N) is 4. The fourth-order valence-electron chi connectivity index (χ4n) is 3.44. The van der Waals surface area contributed by atoms with Crippen LogP contribution in [0.15, 0.2) is 36.7 Å². The number of nitriles is 1. The number of carbonyl (C=O) groups excluding carboxylic acids is 1. The first-order valence-electron chi connectivity index (χ1n) is 10.1. The Morgan fingerprint density at radius 1 is 1.32 bits per heavy atom. The highest BCUT2D eigenvalue weighted by Gasteiger charge is 2.20. The lowest BCUT2D eigenvalue weighted by molar-refractivity contribution is 0.102. The highest BCUT2D eigenvalue weighted by molar-refractivity contribution is 7.06. The molecule has 3 aromatic heterocycles. The lowest BCUT2D eigenvalue weighted by atomic mass is 10.1. The molecule has 31 heavy (non-hydrogen) atoms. The molecule has 0 aliphatic carbocycles. The van der Waals surface area contributed by atoms with Gasteiger partial charge in [0.1, 0.15) is 6.10 Å². The van der Waals surface area contributed by atoms with Crippen molar-refractivity contribution in [2.45, 2.75) is 32.3 Å². The molecule has 0 atom stereocenters. The standard InChI is InChI=1S/C22H22N6O2S/c1-14-21(19(31-28-14)11-17-10-15(12-23)4-9-25-17)22(29)27-16-2-3-20(26-13-16)30-18-5-7-24-8-6-18/h2-4,9-10,13,18,24H,5-8,11H2,1H3,(H,27,29). The van der Waals surface area contributed by atoms with Gasteiger partial charge in [-0.25, -0.2) is 4.98 Å². The van der Waals surface area contributed by atoms with E-state index in [1.807, 2.05) is 6.92 Å². The molecule has 3 aromatic rings. The molecule has 0 bridgehead atoms. The van der Waals surface area contributed by atoms with Crippen LogP contribution in [-0.4, -0.2) is 39.4 Å². The predicted molar refractivity (Wildman–Crippen MR) is 117 cm³/mol. The molecule has 9 heteroatoms. The largest absolute Gasteiger partial charge is 0.474 e. The third kappa shape index (κ3) is 5.23. The average Bonchev–Trinajstić information content (AvgIpc) is 3.16. The van der Waals surface area contributed by atoms with E-state index in [0.29, 0.717) is 34.8 Å². The molecule has 1 aliphatic rings. The van der Waals surface area contributed by atoms with Crippen molar-refractivity contribution in [3.05, 3.63) is 64.1 Å². The molecule has 4 rings (SSSR count). The fourth-order valence-corrected chi connectivity index (χ4v) is 4.32. The first-order valence-corrected chi connectivity index (χ1v) is 10.8. The van der Waals surface area contributed by atoms with Crippen molar-refractivity contribution < 1.29 is 9.53 Å². The van der Waals surface area contributed by atoms with Crippen molar-refractivity contribution >= 4 is 23.1 Å². The smallest absolute Gasteiger partial charge is 0.258 e. The Labute approximate surface area is 184 Å². The average molecular weight is 435 g/mol. The van der Waals surface area contributed by atoms with Crippen LogP contribution in [-0.2, 0) is 6.42 Å². The van der Waals surface area contributed by atoms with Crippen LogP contribution in [0.5, 0.6) is 5.88 Å². The van der Waals surface area contributed by atoms with E-state index >= 15 is 0 Å². The van der Waals surface area contributed by atoms with Gasteiger partial charge in [0.2, 0.25) is 5.88 Å². The molecule has 4 heterocycles. The zero-order valence-corrected chi connectivity index (χ0v) is 17.9. The maximum Gasteiger partial charge on any atom is 0.258 e. The predicted octanol–water partition coefficient (Wildman–Crippen LogP) is 3.09. The Balaban J connectivity index is 1.43. The van der Waals surface area contributed by atoms with Crippen LogP contribution in [0.3, 0.4) is 0 Å². The van der Waals surface area contributed by atoms with Crippen LogP contribution in [0.2, 0.25) is 0 Å². The number of carbonyl (C=O) groups is 1. The van der Waals surface area contributed by atoms with Crippen molar-refractivity contribution in [1.82, 2.24) is 19.7 Å². The van der Waals surface area contributed by atoms with Gasteiger partial charge in [-0.1, -0.05) is 0 Å². The number of hydrogen-bond acceptors (Lipinski definition) is 8. The second kappa shape index (κ2) is 9.64. The van der Waals surface area contributed by atoms with E-state index in [1.54, 1.807) is 36.7 Å². The lowest BCUT2D eigenvalue weighted by Crippen LogP contribution is -2.34. The van der Waals surface area contributed by atoms with Crippen LogP contribution < -0.4 is 15.4 Å². The number of nitrogens with one attached hydrogen (secondary N) is 2. The quantitative estimate of drug-likeness (QED) is 0.613. The number of anilines is 1. The summed E-state index contributed by atoms with van der Waals surface area (Å²) >= 11 is 1.27. The third-order valence-electron chi connectivity index (χ3n) is 5.02. The molecule has 1 fully saturated rings. The molecular weight excluding hydrogens is 412 g/mol. The highest BCUT2D eigenvalue weighted by Crippen LogP contribution is 2.24. The Bertz CT molecular complexity index is 1100.